The third kappa shape index (κ3) is 3.40. The molecule has 0 saturated heterocycles. The van der Waals surface area contributed by atoms with E-state index < -0.39 is 0 Å². The maximum absolute atomic E-state index is 12.4. The first-order valence-corrected chi connectivity index (χ1v) is 8.89. The van der Waals surface area contributed by atoms with Crippen LogP contribution in [0.5, 0.6) is 5.75 Å². The molecule has 1 aromatic heterocycles. The molecule has 0 bridgehead atoms. The first-order valence-electron chi connectivity index (χ1n) is 8.52. The molecule has 4 heteroatoms. The third-order valence-electron chi connectivity index (χ3n) is 4.77. The van der Waals surface area contributed by atoms with Crippen LogP contribution in [0.4, 0.5) is 0 Å². The summed E-state index contributed by atoms with van der Waals surface area (Å²) in [6.07, 6.45) is 0. The highest BCUT2D eigenvalue weighted by molar-refractivity contribution is 6.30. The summed E-state index contributed by atoms with van der Waals surface area (Å²) in [6, 6.07) is 15.7. The van der Waals surface area contributed by atoms with Gasteiger partial charge in [-0.15, -0.1) is 0 Å². The molecule has 3 rings (SSSR count). The minimum atomic E-state index is 0.0732. The van der Waals surface area contributed by atoms with Crippen molar-refractivity contribution in [2.24, 2.45) is 0 Å². The van der Waals surface area contributed by atoms with E-state index in [9.17, 15) is 4.79 Å². The largest absolute Gasteiger partial charge is 0.497 e. The van der Waals surface area contributed by atoms with Gasteiger partial charge in [0.15, 0.2) is 5.78 Å². The first kappa shape index (κ1) is 18.3. The fraction of sp³-hybridized carbons (Fsp3) is 0.227. The zero-order valence-electron chi connectivity index (χ0n) is 15.5. The van der Waals surface area contributed by atoms with Crippen LogP contribution in [0, 0.1) is 13.8 Å². The molecule has 3 aromatic rings. The highest BCUT2D eigenvalue weighted by Crippen LogP contribution is 2.34. The SMILES string of the molecule is COc1ccc(Cn2c(C)c(C(C)=O)c(-c3ccc(Cl)cc3)c2C)cc1. The molecule has 0 atom stereocenters. The van der Waals surface area contributed by atoms with E-state index in [-0.39, 0.29) is 5.78 Å². The van der Waals surface area contributed by atoms with E-state index >= 15 is 0 Å². The van der Waals surface area contributed by atoms with E-state index in [0.29, 0.717) is 11.6 Å². The molecule has 0 saturated carbocycles. The summed E-state index contributed by atoms with van der Waals surface area (Å²) in [5.74, 6) is 0.907. The smallest absolute Gasteiger partial charge is 0.162 e. The number of ketones is 1. The molecule has 0 N–H and O–H groups in total. The lowest BCUT2D eigenvalue weighted by Gasteiger charge is -2.11. The van der Waals surface area contributed by atoms with Gasteiger partial charge in [-0.2, -0.15) is 0 Å². The van der Waals surface area contributed by atoms with E-state index in [4.69, 9.17) is 16.3 Å². The molecule has 0 amide bonds. The van der Waals surface area contributed by atoms with E-state index in [1.165, 1.54) is 0 Å². The van der Waals surface area contributed by atoms with Crippen molar-refractivity contribution in [3.63, 3.8) is 0 Å². The van der Waals surface area contributed by atoms with Crippen LogP contribution < -0.4 is 4.74 Å². The normalized spacial score (nSPS) is 10.8. The summed E-state index contributed by atoms with van der Waals surface area (Å²) in [6.45, 7) is 6.40. The van der Waals surface area contributed by atoms with Crippen LogP contribution in [0.15, 0.2) is 48.5 Å². The minimum absolute atomic E-state index is 0.0732. The van der Waals surface area contributed by atoms with Gasteiger partial charge in [0.25, 0.3) is 0 Å². The summed E-state index contributed by atoms with van der Waals surface area (Å²) in [7, 11) is 1.66. The van der Waals surface area contributed by atoms with Gasteiger partial charge >= 0.3 is 0 Å². The number of carbonyl (C=O) groups excluding carboxylic acids is 1. The van der Waals surface area contributed by atoms with Crippen LogP contribution in [-0.2, 0) is 6.54 Å². The quantitative estimate of drug-likeness (QED) is 0.543. The third-order valence-corrected chi connectivity index (χ3v) is 5.02. The second-order valence-electron chi connectivity index (χ2n) is 6.42. The molecule has 0 aliphatic rings. The van der Waals surface area contributed by atoms with Gasteiger partial charge in [-0.1, -0.05) is 35.9 Å². The van der Waals surface area contributed by atoms with Gasteiger partial charge < -0.3 is 9.30 Å². The number of methoxy groups -OCH3 is 1. The maximum Gasteiger partial charge on any atom is 0.162 e. The molecule has 134 valence electrons. The number of nitrogens with zero attached hydrogens (tertiary/aromatic N) is 1. The Labute approximate surface area is 159 Å². The van der Waals surface area contributed by atoms with Crippen LogP contribution in [0.2, 0.25) is 5.02 Å². The van der Waals surface area contributed by atoms with Crippen LogP contribution in [-0.4, -0.2) is 17.5 Å². The van der Waals surface area contributed by atoms with E-state index in [2.05, 4.69) is 11.5 Å². The molecule has 3 nitrogen and oxygen atoms in total. The average molecular weight is 368 g/mol. The first-order chi connectivity index (χ1) is 12.4. The molecule has 2 aromatic carbocycles. The number of hydrogen-bond donors (Lipinski definition) is 0. The summed E-state index contributed by atoms with van der Waals surface area (Å²) >= 11 is 6.03. The second kappa shape index (κ2) is 7.38. The van der Waals surface area contributed by atoms with Crippen molar-refractivity contribution < 1.29 is 9.53 Å². The molecule has 0 aliphatic carbocycles. The monoisotopic (exact) mass is 367 g/mol. The Morgan fingerprint density at radius 1 is 1.00 bits per heavy atom. The molecule has 1 heterocycles. The Bertz CT molecular complexity index is 938. The van der Waals surface area contributed by atoms with Crippen LogP contribution in [0.25, 0.3) is 11.1 Å². The lowest BCUT2D eigenvalue weighted by atomic mass is 9.98. The standard InChI is InChI=1S/C22H22ClNO2/c1-14-21(16(3)25)22(18-7-9-19(23)10-8-18)15(2)24(14)13-17-5-11-20(26-4)12-6-17/h5-12H,13H2,1-4H3. The highest BCUT2D eigenvalue weighted by atomic mass is 35.5. The van der Waals surface area contributed by atoms with Crippen molar-refractivity contribution in [3.8, 4) is 16.9 Å². The van der Waals surface area contributed by atoms with Crippen LogP contribution in [0.3, 0.4) is 0 Å². The Morgan fingerprint density at radius 3 is 2.15 bits per heavy atom. The number of carbonyl (C=O) groups is 1. The van der Waals surface area contributed by atoms with Gasteiger partial charge in [0.05, 0.1) is 7.11 Å². The number of hydrogen-bond acceptors (Lipinski definition) is 2. The van der Waals surface area contributed by atoms with Crippen molar-refractivity contribution in [2.75, 3.05) is 7.11 Å². The van der Waals surface area contributed by atoms with Crippen molar-refractivity contribution in [3.05, 3.63) is 76.1 Å². The fourth-order valence-electron chi connectivity index (χ4n) is 3.43. The average Bonchev–Trinajstić information content (AvgIpc) is 2.88. The predicted molar refractivity (Wildman–Crippen MR) is 106 cm³/mol. The van der Waals surface area contributed by atoms with E-state index in [1.807, 2.05) is 55.5 Å². The molecule has 0 fully saturated rings. The van der Waals surface area contributed by atoms with Gasteiger partial charge in [-0.3, -0.25) is 4.79 Å². The number of ether oxygens (including phenoxy) is 1. The Balaban J connectivity index is 2.09. The zero-order valence-corrected chi connectivity index (χ0v) is 16.2. The van der Waals surface area contributed by atoms with Crippen molar-refractivity contribution in [1.82, 2.24) is 4.57 Å². The van der Waals surface area contributed by atoms with E-state index in [1.54, 1.807) is 14.0 Å². The van der Waals surface area contributed by atoms with E-state index in [0.717, 1.165) is 39.4 Å². The molecule has 0 radical (unpaired) electrons. The van der Waals surface area contributed by atoms with Gasteiger partial charge in [0.1, 0.15) is 5.75 Å². The fourth-order valence-corrected chi connectivity index (χ4v) is 3.56. The Morgan fingerprint density at radius 2 is 1.62 bits per heavy atom. The number of aromatic nitrogens is 1. The molecule has 26 heavy (non-hydrogen) atoms. The molecular formula is C22H22ClNO2. The summed E-state index contributed by atoms with van der Waals surface area (Å²) in [4.78, 5) is 12.4. The van der Waals surface area contributed by atoms with Gasteiger partial charge in [-0.25, -0.2) is 0 Å². The Hall–Kier alpha value is -2.52. The predicted octanol–water partition coefficient (Wildman–Crippen LogP) is 5.68. The maximum atomic E-state index is 12.4. The van der Waals surface area contributed by atoms with Crippen molar-refractivity contribution in [1.29, 1.82) is 0 Å². The second-order valence-corrected chi connectivity index (χ2v) is 6.85. The highest BCUT2D eigenvalue weighted by Gasteiger charge is 2.21. The van der Waals surface area contributed by atoms with Crippen LogP contribution in [0.1, 0.15) is 34.2 Å². The summed E-state index contributed by atoms with van der Waals surface area (Å²) < 4.78 is 7.42. The molecule has 0 aliphatic heterocycles. The molecule has 0 unspecified atom stereocenters. The number of rotatable bonds is 5. The van der Waals surface area contributed by atoms with Crippen molar-refractivity contribution >= 4 is 17.4 Å². The zero-order chi connectivity index (χ0) is 18.8. The number of halogens is 1. The van der Waals surface area contributed by atoms with Crippen LogP contribution >= 0.6 is 11.6 Å². The van der Waals surface area contributed by atoms with Gasteiger partial charge in [0, 0.05) is 34.1 Å². The number of benzene rings is 2. The molecular weight excluding hydrogens is 346 g/mol. The lowest BCUT2D eigenvalue weighted by Crippen LogP contribution is -2.05. The van der Waals surface area contributed by atoms with Gasteiger partial charge in [-0.05, 0) is 56.2 Å². The minimum Gasteiger partial charge on any atom is -0.497 e. The summed E-state index contributed by atoms with van der Waals surface area (Å²) in [5.41, 5.74) is 5.98. The number of Topliss-reactive ketones (excluding diaryl/α,β-unsaturated/α-hetero) is 1. The lowest BCUT2D eigenvalue weighted by molar-refractivity contribution is 0.101. The van der Waals surface area contributed by atoms with Gasteiger partial charge in [0.2, 0.25) is 0 Å². The molecule has 0 spiro atoms. The van der Waals surface area contributed by atoms with Crippen molar-refractivity contribution in [2.45, 2.75) is 27.3 Å². The summed E-state index contributed by atoms with van der Waals surface area (Å²) in [5, 5.41) is 0.685. The Kier molecular flexibility index (Phi) is 5.19. The topological polar surface area (TPSA) is 31.2 Å².